The minimum atomic E-state index is -1.50. The third-order valence-electron chi connectivity index (χ3n) is 8.28. The average Bonchev–Trinajstić information content (AvgIpc) is 3.75. The molecule has 2 aliphatic rings. The number of nitrogens with zero attached hydrogens (tertiary/aromatic N) is 2. The van der Waals surface area contributed by atoms with Crippen LogP contribution in [-0.4, -0.2) is 54.6 Å². The van der Waals surface area contributed by atoms with Gasteiger partial charge in [0.15, 0.2) is 0 Å². The molecule has 45 heavy (non-hydrogen) atoms. The molecule has 1 unspecified atom stereocenters. The van der Waals surface area contributed by atoms with Gasteiger partial charge in [-0.25, -0.2) is 18.1 Å². The van der Waals surface area contributed by atoms with Crippen LogP contribution in [0, 0.1) is 11.7 Å². The SMILES string of the molecule is CC(C)(C)[S@@](=O)NC(CCC1CC1)(c1ccncc1)c1ccc(F)c(NC(=O)[C@H]2C[C@@H](O)CN2C(=O)Nc2ccc(Cl)cc2)c1. The molecule has 3 aromatic rings. The van der Waals surface area contributed by atoms with Crippen molar-refractivity contribution < 1.29 is 23.3 Å². The molecule has 0 radical (unpaired) electrons. The summed E-state index contributed by atoms with van der Waals surface area (Å²) in [7, 11) is -1.50. The van der Waals surface area contributed by atoms with E-state index in [1.807, 2.05) is 32.9 Å². The Morgan fingerprint density at radius 1 is 1.04 bits per heavy atom. The first-order valence-corrected chi connectivity index (χ1v) is 16.6. The van der Waals surface area contributed by atoms with E-state index in [1.54, 1.807) is 48.8 Å². The van der Waals surface area contributed by atoms with Crippen LogP contribution in [0.5, 0.6) is 0 Å². The summed E-state index contributed by atoms with van der Waals surface area (Å²) in [5, 5.41) is 16.3. The Labute approximate surface area is 270 Å². The van der Waals surface area contributed by atoms with E-state index in [-0.39, 0.29) is 18.7 Å². The van der Waals surface area contributed by atoms with Crippen LogP contribution in [-0.2, 0) is 21.3 Å². The fraction of sp³-hybridized carbons (Fsp3) is 0.424. The first-order valence-electron chi connectivity index (χ1n) is 15.1. The quantitative estimate of drug-likeness (QED) is 0.214. The Morgan fingerprint density at radius 3 is 2.38 bits per heavy atom. The van der Waals surface area contributed by atoms with E-state index in [0.717, 1.165) is 24.8 Å². The van der Waals surface area contributed by atoms with Crippen LogP contribution in [0.2, 0.25) is 5.02 Å². The van der Waals surface area contributed by atoms with Crippen molar-refractivity contribution in [3.05, 3.63) is 89.0 Å². The molecular weight excluding hydrogens is 617 g/mol. The topological polar surface area (TPSA) is 124 Å². The minimum Gasteiger partial charge on any atom is -0.391 e. The molecule has 12 heteroatoms. The first-order chi connectivity index (χ1) is 21.4. The molecule has 3 amide bonds. The summed E-state index contributed by atoms with van der Waals surface area (Å²) in [6.07, 6.45) is 6.14. The fourth-order valence-electron chi connectivity index (χ4n) is 5.52. The van der Waals surface area contributed by atoms with Crippen molar-refractivity contribution in [2.24, 2.45) is 5.92 Å². The van der Waals surface area contributed by atoms with Gasteiger partial charge in [0, 0.05) is 36.1 Å². The van der Waals surface area contributed by atoms with E-state index >= 15 is 4.39 Å². The van der Waals surface area contributed by atoms with Crippen LogP contribution in [0.3, 0.4) is 0 Å². The van der Waals surface area contributed by atoms with Gasteiger partial charge in [-0.15, -0.1) is 0 Å². The van der Waals surface area contributed by atoms with Gasteiger partial charge in [0.1, 0.15) is 11.9 Å². The summed E-state index contributed by atoms with van der Waals surface area (Å²) < 4.78 is 31.8. The van der Waals surface area contributed by atoms with Crippen molar-refractivity contribution in [3.63, 3.8) is 0 Å². The lowest BCUT2D eigenvalue weighted by Gasteiger charge is -2.38. The monoisotopic (exact) mass is 655 g/mol. The number of amides is 3. The van der Waals surface area contributed by atoms with E-state index < -0.39 is 51.2 Å². The van der Waals surface area contributed by atoms with Crippen molar-refractivity contribution in [2.75, 3.05) is 17.2 Å². The lowest BCUT2D eigenvalue weighted by molar-refractivity contribution is -0.119. The number of anilines is 2. The summed E-state index contributed by atoms with van der Waals surface area (Å²) in [4.78, 5) is 32.1. The highest BCUT2D eigenvalue weighted by atomic mass is 35.5. The average molecular weight is 656 g/mol. The van der Waals surface area contributed by atoms with Crippen molar-refractivity contribution >= 4 is 45.9 Å². The molecule has 4 atom stereocenters. The predicted molar refractivity (Wildman–Crippen MR) is 175 cm³/mol. The first kappa shape index (κ1) is 33.0. The number of urea groups is 1. The zero-order valence-electron chi connectivity index (χ0n) is 25.6. The smallest absolute Gasteiger partial charge is 0.322 e. The number of hydrogen-bond donors (Lipinski definition) is 4. The number of aliphatic hydroxyl groups excluding tert-OH is 1. The Kier molecular flexibility index (Phi) is 9.93. The maximum absolute atomic E-state index is 15.4. The zero-order chi connectivity index (χ0) is 32.4. The third kappa shape index (κ3) is 7.89. The van der Waals surface area contributed by atoms with E-state index in [1.165, 1.54) is 11.0 Å². The van der Waals surface area contributed by atoms with Crippen LogP contribution in [0.15, 0.2) is 67.0 Å². The van der Waals surface area contributed by atoms with Crippen molar-refractivity contribution in [2.45, 2.75) is 75.3 Å². The van der Waals surface area contributed by atoms with Crippen LogP contribution in [0.25, 0.3) is 0 Å². The number of carbonyl (C=O) groups excluding carboxylic acids is 2. The molecule has 5 rings (SSSR count). The maximum atomic E-state index is 15.4. The molecule has 1 saturated heterocycles. The number of pyridine rings is 1. The summed E-state index contributed by atoms with van der Waals surface area (Å²) in [6.45, 7) is 5.59. The molecule has 1 saturated carbocycles. The van der Waals surface area contributed by atoms with Crippen LogP contribution in [0.1, 0.15) is 64.0 Å². The van der Waals surface area contributed by atoms with Crippen molar-refractivity contribution in [3.8, 4) is 0 Å². The van der Waals surface area contributed by atoms with E-state index in [2.05, 4.69) is 20.3 Å². The number of rotatable bonds is 10. The van der Waals surface area contributed by atoms with E-state index in [4.69, 9.17) is 11.6 Å². The number of carbonyl (C=O) groups is 2. The number of β-amino-alcohol motifs (C(OH)–C–C–N with tert-alkyl or cyclic N) is 1. The standard InChI is InChI=1S/C33H39ClFN5O4S/c1-32(2,3)45(44)39-33(15-12-21-4-5-21,22-13-16-36-17-14-22)23-6-11-27(35)28(18-23)38-30(42)29-19-26(41)20-40(29)31(43)37-25-9-7-24(34)8-10-25/h6-11,13-14,16-18,21,26,29,39,41H,4-5,12,15,19-20H2,1-3H3,(H,37,43)(H,38,42)/t26-,29-,33?,45-/m1/s1. The van der Waals surface area contributed by atoms with Gasteiger partial charge in [0.05, 0.1) is 33.1 Å². The van der Waals surface area contributed by atoms with Gasteiger partial charge in [-0.3, -0.25) is 9.78 Å². The number of nitrogens with one attached hydrogen (secondary N) is 3. The number of hydrogen-bond acceptors (Lipinski definition) is 5. The van der Waals surface area contributed by atoms with Gasteiger partial charge >= 0.3 is 6.03 Å². The van der Waals surface area contributed by atoms with Crippen LogP contribution >= 0.6 is 11.6 Å². The van der Waals surface area contributed by atoms with E-state index in [0.29, 0.717) is 28.6 Å². The Morgan fingerprint density at radius 2 is 1.73 bits per heavy atom. The highest BCUT2D eigenvalue weighted by molar-refractivity contribution is 7.84. The molecule has 0 spiro atoms. The van der Waals surface area contributed by atoms with Crippen LogP contribution < -0.4 is 15.4 Å². The highest BCUT2D eigenvalue weighted by Crippen LogP contribution is 2.42. The van der Waals surface area contributed by atoms with Gasteiger partial charge < -0.3 is 20.6 Å². The predicted octanol–water partition coefficient (Wildman–Crippen LogP) is 5.97. The van der Waals surface area contributed by atoms with Gasteiger partial charge in [0.2, 0.25) is 5.91 Å². The molecule has 240 valence electrons. The number of aromatic nitrogens is 1. The van der Waals surface area contributed by atoms with Crippen molar-refractivity contribution in [1.82, 2.24) is 14.6 Å². The lowest BCUT2D eigenvalue weighted by Crippen LogP contribution is -2.49. The number of halogens is 2. The molecule has 2 fully saturated rings. The molecular formula is C33H39ClFN5O4S. The molecule has 2 heterocycles. The van der Waals surface area contributed by atoms with Crippen LogP contribution in [0.4, 0.5) is 20.6 Å². The second kappa shape index (κ2) is 13.5. The molecule has 1 aromatic heterocycles. The Hall–Kier alpha value is -3.38. The van der Waals surface area contributed by atoms with Gasteiger partial charge in [0.25, 0.3) is 0 Å². The molecule has 9 nitrogen and oxygen atoms in total. The summed E-state index contributed by atoms with van der Waals surface area (Å²) in [6, 6.07) is 13.1. The minimum absolute atomic E-state index is 0.00432. The summed E-state index contributed by atoms with van der Waals surface area (Å²) in [5.41, 5.74) is 0.883. The summed E-state index contributed by atoms with van der Waals surface area (Å²) >= 11 is 5.94. The molecule has 2 aromatic carbocycles. The maximum Gasteiger partial charge on any atom is 0.322 e. The molecule has 0 bridgehead atoms. The Bertz CT molecular complexity index is 1550. The zero-order valence-corrected chi connectivity index (χ0v) is 27.1. The lowest BCUT2D eigenvalue weighted by atomic mass is 9.79. The van der Waals surface area contributed by atoms with Gasteiger partial charge in [-0.05, 0) is 99.2 Å². The van der Waals surface area contributed by atoms with E-state index in [9.17, 15) is 18.9 Å². The third-order valence-corrected chi connectivity index (χ3v) is 10.2. The van der Waals surface area contributed by atoms with Gasteiger partial charge in [-0.1, -0.05) is 30.5 Å². The second-order valence-electron chi connectivity index (χ2n) is 12.8. The number of benzene rings is 2. The molecule has 4 N–H and O–H groups in total. The largest absolute Gasteiger partial charge is 0.391 e. The van der Waals surface area contributed by atoms with Gasteiger partial charge in [-0.2, -0.15) is 0 Å². The normalized spacial score (nSPS) is 20.4. The number of aliphatic hydroxyl groups is 1. The fourth-order valence-corrected chi connectivity index (χ4v) is 6.60. The second-order valence-corrected chi connectivity index (χ2v) is 15.2. The number of likely N-dealkylation sites (tertiary alicyclic amines) is 1. The molecule has 1 aliphatic heterocycles. The molecule has 1 aliphatic carbocycles. The summed E-state index contributed by atoms with van der Waals surface area (Å²) in [5.74, 6) is -0.729. The highest BCUT2D eigenvalue weighted by Gasteiger charge is 2.42. The Balaban J connectivity index is 1.45. The van der Waals surface area contributed by atoms with Crippen molar-refractivity contribution in [1.29, 1.82) is 0 Å².